The van der Waals surface area contributed by atoms with E-state index in [4.69, 9.17) is 9.47 Å². The predicted molar refractivity (Wildman–Crippen MR) is 111 cm³/mol. The van der Waals surface area contributed by atoms with Gasteiger partial charge in [-0.2, -0.15) is 0 Å². The molecule has 0 saturated carbocycles. The SMILES string of the molecule is CC(NCc1ccc(C(C)(C)C)cc1)c1ccccc1OCC1CCCO1. The van der Waals surface area contributed by atoms with Gasteiger partial charge < -0.3 is 14.8 Å². The van der Waals surface area contributed by atoms with E-state index in [-0.39, 0.29) is 17.6 Å². The Morgan fingerprint density at radius 2 is 1.85 bits per heavy atom. The molecule has 0 amide bonds. The van der Waals surface area contributed by atoms with Gasteiger partial charge in [0, 0.05) is 24.8 Å². The monoisotopic (exact) mass is 367 g/mol. The summed E-state index contributed by atoms with van der Waals surface area (Å²) in [5.74, 6) is 0.955. The fourth-order valence-corrected chi connectivity index (χ4v) is 3.43. The molecule has 3 heteroatoms. The lowest BCUT2D eigenvalue weighted by Crippen LogP contribution is -2.21. The fraction of sp³-hybridized carbons (Fsp3) is 0.500. The highest BCUT2D eigenvalue weighted by Crippen LogP contribution is 2.27. The van der Waals surface area contributed by atoms with Gasteiger partial charge >= 0.3 is 0 Å². The van der Waals surface area contributed by atoms with Crippen LogP contribution in [0, 0.1) is 0 Å². The molecule has 1 aliphatic heterocycles. The summed E-state index contributed by atoms with van der Waals surface area (Å²) in [5.41, 5.74) is 4.06. The predicted octanol–water partition coefficient (Wildman–Crippen LogP) is 5.39. The Morgan fingerprint density at radius 1 is 1.11 bits per heavy atom. The van der Waals surface area contributed by atoms with Gasteiger partial charge in [0.15, 0.2) is 0 Å². The zero-order valence-corrected chi connectivity index (χ0v) is 17.1. The van der Waals surface area contributed by atoms with E-state index in [0.717, 1.165) is 31.7 Å². The average Bonchev–Trinajstić information content (AvgIpc) is 3.18. The first-order valence-electron chi connectivity index (χ1n) is 10.1. The molecular formula is C24H33NO2. The Morgan fingerprint density at radius 3 is 2.52 bits per heavy atom. The topological polar surface area (TPSA) is 30.5 Å². The summed E-state index contributed by atoms with van der Waals surface area (Å²) in [6, 6.07) is 17.4. The van der Waals surface area contributed by atoms with Crippen molar-refractivity contribution in [3.63, 3.8) is 0 Å². The fourth-order valence-electron chi connectivity index (χ4n) is 3.43. The lowest BCUT2D eigenvalue weighted by Gasteiger charge is -2.21. The van der Waals surface area contributed by atoms with E-state index in [1.807, 2.05) is 6.07 Å². The number of ether oxygens (including phenoxy) is 2. The van der Waals surface area contributed by atoms with Crippen LogP contribution in [-0.2, 0) is 16.7 Å². The summed E-state index contributed by atoms with van der Waals surface area (Å²) in [5, 5.41) is 3.63. The van der Waals surface area contributed by atoms with Crippen molar-refractivity contribution in [2.45, 2.75) is 64.6 Å². The Bertz CT molecular complexity index is 712. The molecule has 0 aliphatic carbocycles. The van der Waals surface area contributed by atoms with Crippen LogP contribution in [0.25, 0.3) is 0 Å². The molecule has 2 aromatic rings. The van der Waals surface area contributed by atoms with Gasteiger partial charge in [-0.3, -0.25) is 0 Å². The molecule has 2 atom stereocenters. The molecule has 3 rings (SSSR count). The zero-order valence-electron chi connectivity index (χ0n) is 17.1. The molecule has 2 unspecified atom stereocenters. The maximum absolute atomic E-state index is 6.08. The van der Waals surface area contributed by atoms with Crippen LogP contribution in [0.2, 0.25) is 0 Å². The molecule has 27 heavy (non-hydrogen) atoms. The highest BCUT2D eigenvalue weighted by molar-refractivity contribution is 5.36. The standard InChI is InChI=1S/C24H33NO2/c1-18(25-16-19-11-13-20(14-12-19)24(2,3)4)22-9-5-6-10-23(22)27-17-21-8-7-15-26-21/h5-6,9-14,18,21,25H,7-8,15-17H2,1-4H3. The van der Waals surface area contributed by atoms with Crippen molar-refractivity contribution in [3.05, 3.63) is 65.2 Å². The molecule has 3 nitrogen and oxygen atoms in total. The minimum Gasteiger partial charge on any atom is -0.491 e. The summed E-state index contributed by atoms with van der Waals surface area (Å²) >= 11 is 0. The smallest absolute Gasteiger partial charge is 0.124 e. The van der Waals surface area contributed by atoms with Gasteiger partial charge in [-0.05, 0) is 42.4 Å². The number of hydrogen-bond donors (Lipinski definition) is 1. The number of nitrogens with one attached hydrogen (secondary N) is 1. The third kappa shape index (κ3) is 5.57. The number of para-hydroxylation sites is 1. The van der Waals surface area contributed by atoms with Crippen molar-refractivity contribution in [2.75, 3.05) is 13.2 Å². The van der Waals surface area contributed by atoms with Crippen molar-refractivity contribution in [1.82, 2.24) is 5.32 Å². The maximum atomic E-state index is 6.08. The lowest BCUT2D eigenvalue weighted by molar-refractivity contribution is 0.0674. The van der Waals surface area contributed by atoms with Gasteiger partial charge in [0.2, 0.25) is 0 Å². The summed E-state index contributed by atoms with van der Waals surface area (Å²) in [6.45, 7) is 11.3. The minimum atomic E-state index is 0.193. The highest BCUT2D eigenvalue weighted by Gasteiger charge is 2.18. The average molecular weight is 368 g/mol. The largest absolute Gasteiger partial charge is 0.491 e. The van der Waals surface area contributed by atoms with Crippen LogP contribution >= 0.6 is 0 Å². The summed E-state index contributed by atoms with van der Waals surface area (Å²) in [7, 11) is 0. The van der Waals surface area contributed by atoms with Crippen LogP contribution in [-0.4, -0.2) is 19.3 Å². The zero-order chi connectivity index (χ0) is 19.3. The normalized spacial score (nSPS) is 18.4. The van der Waals surface area contributed by atoms with Crippen LogP contribution in [0.3, 0.4) is 0 Å². The molecule has 0 bridgehead atoms. The van der Waals surface area contributed by atoms with Crippen LogP contribution in [0.5, 0.6) is 5.75 Å². The minimum absolute atomic E-state index is 0.193. The molecule has 0 aromatic heterocycles. The van der Waals surface area contributed by atoms with Gasteiger partial charge in [-0.15, -0.1) is 0 Å². The second-order valence-corrected chi connectivity index (χ2v) is 8.53. The second-order valence-electron chi connectivity index (χ2n) is 8.53. The van der Waals surface area contributed by atoms with Crippen molar-refractivity contribution < 1.29 is 9.47 Å². The first-order valence-corrected chi connectivity index (χ1v) is 10.1. The van der Waals surface area contributed by atoms with Crippen molar-refractivity contribution in [1.29, 1.82) is 0 Å². The van der Waals surface area contributed by atoms with Crippen LogP contribution in [0.4, 0.5) is 0 Å². The highest BCUT2D eigenvalue weighted by atomic mass is 16.5. The van der Waals surface area contributed by atoms with E-state index < -0.39 is 0 Å². The van der Waals surface area contributed by atoms with Crippen LogP contribution in [0.1, 0.15) is 63.3 Å². The van der Waals surface area contributed by atoms with Crippen LogP contribution < -0.4 is 10.1 Å². The molecule has 1 saturated heterocycles. The van der Waals surface area contributed by atoms with E-state index in [1.54, 1.807) is 0 Å². The Kier molecular flexibility index (Phi) is 6.56. The van der Waals surface area contributed by atoms with E-state index in [0.29, 0.717) is 6.61 Å². The summed E-state index contributed by atoms with van der Waals surface area (Å²) in [4.78, 5) is 0. The number of rotatable bonds is 7. The third-order valence-electron chi connectivity index (χ3n) is 5.27. The van der Waals surface area contributed by atoms with E-state index >= 15 is 0 Å². The van der Waals surface area contributed by atoms with Gasteiger partial charge in [-0.25, -0.2) is 0 Å². The Hall–Kier alpha value is -1.84. The van der Waals surface area contributed by atoms with Gasteiger partial charge in [0.25, 0.3) is 0 Å². The molecule has 1 heterocycles. The first kappa shape index (κ1) is 19.9. The molecule has 2 aromatic carbocycles. The van der Waals surface area contributed by atoms with Crippen molar-refractivity contribution in [3.8, 4) is 5.75 Å². The van der Waals surface area contributed by atoms with E-state index in [9.17, 15) is 0 Å². The maximum Gasteiger partial charge on any atom is 0.124 e. The summed E-state index contributed by atoms with van der Waals surface area (Å²) in [6.07, 6.45) is 2.48. The first-order chi connectivity index (χ1) is 12.9. The number of benzene rings is 2. The molecule has 0 radical (unpaired) electrons. The number of hydrogen-bond acceptors (Lipinski definition) is 3. The molecule has 1 N–H and O–H groups in total. The molecule has 0 spiro atoms. The van der Waals surface area contributed by atoms with E-state index in [2.05, 4.69) is 75.5 Å². The van der Waals surface area contributed by atoms with Gasteiger partial charge in [-0.1, -0.05) is 63.2 Å². The van der Waals surface area contributed by atoms with Crippen LogP contribution in [0.15, 0.2) is 48.5 Å². The second kappa shape index (κ2) is 8.90. The molecule has 1 aliphatic rings. The molecule has 1 fully saturated rings. The third-order valence-corrected chi connectivity index (χ3v) is 5.27. The van der Waals surface area contributed by atoms with Crippen molar-refractivity contribution >= 4 is 0 Å². The van der Waals surface area contributed by atoms with E-state index in [1.165, 1.54) is 16.7 Å². The van der Waals surface area contributed by atoms with Crippen molar-refractivity contribution in [2.24, 2.45) is 0 Å². The molecule has 146 valence electrons. The van der Waals surface area contributed by atoms with Gasteiger partial charge in [0.05, 0.1) is 6.10 Å². The molecular weight excluding hydrogens is 334 g/mol. The quantitative estimate of drug-likeness (QED) is 0.711. The lowest BCUT2D eigenvalue weighted by atomic mass is 9.87. The summed E-state index contributed by atoms with van der Waals surface area (Å²) < 4.78 is 11.8. The van der Waals surface area contributed by atoms with Gasteiger partial charge in [0.1, 0.15) is 12.4 Å². The Labute approximate surface area is 164 Å². The Balaban J connectivity index is 1.58.